The molecule has 1 heterocycles. The fraction of sp³-hybridized carbons (Fsp3) is 0.300. The van der Waals surface area contributed by atoms with Gasteiger partial charge in [0.1, 0.15) is 0 Å². The van der Waals surface area contributed by atoms with Gasteiger partial charge in [-0.05, 0) is 17.7 Å². The highest BCUT2D eigenvalue weighted by atomic mass is 32.2. The number of anilines is 1. The first kappa shape index (κ1) is 8.46. The predicted molar refractivity (Wildman–Crippen MR) is 55.0 cm³/mol. The van der Waals surface area contributed by atoms with Gasteiger partial charge in [-0.25, -0.2) is 0 Å². The van der Waals surface area contributed by atoms with Crippen molar-refractivity contribution in [3.8, 4) is 6.07 Å². The third-order valence-corrected chi connectivity index (χ3v) is 3.06. The summed E-state index contributed by atoms with van der Waals surface area (Å²) in [6.45, 7) is 1.04. The Hall–Kier alpha value is -1.14. The molecule has 1 aliphatic rings. The van der Waals surface area contributed by atoms with E-state index in [1.54, 1.807) is 0 Å². The third kappa shape index (κ3) is 1.78. The largest absolute Gasteiger partial charge is 0.383 e. The van der Waals surface area contributed by atoms with E-state index in [1.165, 1.54) is 10.6 Å². The summed E-state index contributed by atoms with van der Waals surface area (Å²) < 4.78 is 0. The Morgan fingerprint density at radius 2 is 2.46 bits per heavy atom. The van der Waals surface area contributed by atoms with Crippen LogP contribution in [-0.2, 0) is 6.42 Å². The number of benzene rings is 1. The number of thioether (sulfide) groups is 1. The first-order chi connectivity index (χ1) is 6.40. The van der Waals surface area contributed by atoms with Crippen LogP contribution in [0.5, 0.6) is 0 Å². The molecule has 0 radical (unpaired) electrons. The van der Waals surface area contributed by atoms with E-state index < -0.39 is 0 Å². The summed E-state index contributed by atoms with van der Waals surface area (Å²) in [5.41, 5.74) is 2.32. The van der Waals surface area contributed by atoms with Gasteiger partial charge in [0.05, 0.1) is 12.5 Å². The molecular weight excluding hydrogens is 180 g/mol. The first-order valence-corrected chi connectivity index (χ1v) is 5.25. The van der Waals surface area contributed by atoms with Crippen molar-refractivity contribution < 1.29 is 0 Å². The molecule has 1 aliphatic heterocycles. The summed E-state index contributed by atoms with van der Waals surface area (Å²) in [6, 6.07) is 8.35. The first-order valence-electron chi connectivity index (χ1n) is 4.27. The second kappa shape index (κ2) is 3.71. The number of hydrogen-bond acceptors (Lipinski definition) is 3. The zero-order valence-electron chi connectivity index (χ0n) is 7.21. The molecule has 66 valence electrons. The van der Waals surface area contributed by atoms with Crippen molar-refractivity contribution >= 4 is 17.4 Å². The molecule has 0 fully saturated rings. The van der Waals surface area contributed by atoms with E-state index in [2.05, 4.69) is 23.5 Å². The van der Waals surface area contributed by atoms with Crippen LogP contribution in [0.1, 0.15) is 5.56 Å². The van der Waals surface area contributed by atoms with Gasteiger partial charge >= 0.3 is 0 Å². The quantitative estimate of drug-likeness (QED) is 0.738. The molecule has 0 aromatic heterocycles. The molecule has 0 spiro atoms. The number of rotatable bonds is 1. The Kier molecular flexibility index (Phi) is 2.42. The normalized spacial score (nSPS) is 14.1. The Labute approximate surface area is 82.0 Å². The number of nitrogens with zero attached hydrogens (tertiary/aromatic N) is 1. The lowest BCUT2D eigenvalue weighted by molar-refractivity contribution is 1.15. The number of nitrogens with one attached hydrogen (secondary N) is 1. The number of nitriles is 1. The molecule has 2 nitrogen and oxygen atoms in total. The summed E-state index contributed by atoms with van der Waals surface area (Å²) in [5, 5.41) is 11.9. The fourth-order valence-electron chi connectivity index (χ4n) is 1.38. The van der Waals surface area contributed by atoms with Gasteiger partial charge in [-0.3, -0.25) is 0 Å². The maximum Gasteiger partial charge on any atom is 0.0669 e. The Morgan fingerprint density at radius 1 is 1.54 bits per heavy atom. The maximum absolute atomic E-state index is 8.55. The van der Waals surface area contributed by atoms with Crippen molar-refractivity contribution in [3.05, 3.63) is 23.8 Å². The van der Waals surface area contributed by atoms with E-state index in [1.807, 2.05) is 17.8 Å². The molecule has 1 N–H and O–H groups in total. The topological polar surface area (TPSA) is 35.8 Å². The summed E-state index contributed by atoms with van der Waals surface area (Å²) in [4.78, 5) is 1.28. The summed E-state index contributed by atoms with van der Waals surface area (Å²) >= 11 is 1.86. The third-order valence-electron chi connectivity index (χ3n) is 2.00. The minimum absolute atomic E-state index is 0.508. The Morgan fingerprint density at radius 3 is 3.31 bits per heavy atom. The molecule has 0 aliphatic carbocycles. The zero-order chi connectivity index (χ0) is 9.10. The Balaban J connectivity index is 2.31. The molecule has 13 heavy (non-hydrogen) atoms. The van der Waals surface area contributed by atoms with Gasteiger partial charge in [0, 0.05) is 22.9 Å². The van der Waals surface area contributed by atoms with Crippen molar-refractivity contribution in [2.24, 2.45) is 0 Å². The molecule has 3 heteroatoms. The second-order valence-corrected chi connectivity index (χ2v) is 4.08. The van der Waals surface area contributed by atoms with Crippen molar-refractivity contribution in [2.45, 2.75) is 11.3 Å². The lowest BCUT2D eigenvalue weighted by Crippen LogP contribution is -2.10. The van der Waals surface area contributed by atoms with Crippen LogP contribution in [0, 0.1) is 11.3 Å². The molecule has 0 amide bonds. The SMILES string of the molecule is N#CCc1ccc2c(c1)SCCN2. The van der Waals surface area contributed by atoms with E-state index in [0.29, 0.717) is 6.42 Å². The molecular formula is C10H10N2S. The Bertz CT molecular complexity index is 354. The minimum Gasteiger partial charge on any atom is -0.383 e. The van der Waals surface area contributed by atoms with Crippen molar-refractivity contribution in [3.63, 3.8) is 0 Å². The lowest BCUT2D eigenvalue weighted by Gasteiger charge is -2.17. The highest BCUT2D eigenvalue weighted by molar-refractivity contribution is 7.99. The van der Waals surface area contributed by atoms with Crippen molar-refractivity contribution in [2.75, 3.05) is 17.6 Å². The van der Waals surface area contributed by atoms with E-state index >= 15 is 0 Å². The average molecular weight is 190 g/mol. The van der Waals surface area contributed by atoms with Crippen LogP contribution in [0.25, 0.3) is 0 Å². The second-order valence-electron chi connectivity index (χ2n) is 2.94. The van der Waals surface area contributed by atoms with Crippen molar-refractivity contribution in [1.82, 2.24) is 0 Å². The summed E-state index contributed by atoms with van der Waals surface area (Å²) in [6.07, 6.45) is 0.508. The van der Waals surface area contributed by atoms with Gasteiger partial charge in [0.2, 0.25) is 0 Å². The van der Waals surface area contributed by atoms with Gasteiger partial charge in [-0.1, -0.05) is 6.07 Å². The summed E-state index contributed by atoms with van der Waals surface area (Å²) in [7, 11) is 0. The van der Waals surface area contributed by atoms with Crippen LogP contribution in [0.3, 0.4) is 0 Å². The molecule has 0 saturated carbocycles. The standard InChI is InChI=1S/C10H10N2S/c11-4-3-8-1-2-9-10(7-8)13-6-5-12-9/h1-2,7,12H,3,5-6H2. The number of fused-ring (bicyclic) bond motifs is 1. The van der Waals surface area contributed by atoms with Crippen molar-refractivity contribution in [1.29, 1.82) is 5.26 Å². The van der Waals surface area contributed by atoms with E-state index in [0.717, 1.165) is 17.9 Å². The van der Waals surface area contributed by atoms with Crippen LogP contribution in [0.4, 0.5) is 5.69 Å². The molecule has 0 bridgehead atoms. The highest BCUT2D eigenvalue weighted by Crippen LogP contribution is 2.31. The lowest BCUT2D eigenvalue weighted by atomic mass is 10.1. The van der Waals surface area contributed by atoms with Gasteiger partial charge in [0.15, 0.2) is 0 Å². The highest BCUT2D eigenvalue weighted by Gasteiger charge is 2.08. The van der Waals surface area contributed by atoms with Crippen LogP contribution in [0.15, 0.2) is 23.1 Å². The molecule has 0 saturated heterocycles. The fourth-order valence-corrected chi connectivity index (χ4v) is 2.33. The van der Waals surface area contributed by atoms with Gasteiger partial charge in [-0.2, -0.15) is 5.26 Å². The smallest absolute Gasteiger partial charge is 0.0669 e. The monoisotopic (exact) mass is 190 g/mol. The van der Waals surface area contributed by atoms with E-state index in [9.17, 15) is 0 Å². The van der Waals surface area contributed by atoms with E-state index in [4.69, 9.17) is 5.26 Å². The molecule has 0 atom stereocenters. The van der Waals surface area contributed by atoms with Crippen LogP contribution >= 0.6 is 11.8 Å². The van der Waals surface area contributed by atoms with Gasteiger partial charge in [0.25, 0.3) is 0 Å². The molecule has 2 rings (SSSR count). The minimum atomic E-state index is 0.508. The van der Waals surface area contributed by atoms with Gasteiger partial charge < -0.3 is 5.32 Å². The van der Waals surface area contributed by atoms with Crippen LogP contribution in [0.2, 0.25) is 0 Å². The average Bonchev–Trinajstić information content (AvgIpc) is 2.18. The number of hydrogen-bond donors (Lipinski definition) is 1. The van der Waals surface area contributed by atoms with E-state index in [-0.39, 0.29) is 0 Å². The maximum atomic E-state index is 8.55. The molecule has 0 unspecified atom stereocenters. The molecule has 1 aromatic carbocycles. The van der Waals surface area contributed by atoms with Crippen LogP contribution < -0.4 is 5.32 Å². The predicted octanol–water partition coefficient (Wildman–Crippen LogP) is 2.27. The zero-order valence-corrected chi connectivity index (χ0v) is 8.03. The van der Waals surface area contributed by atoms with Crippen LogP contribution in [-0.4, -0.2) is 12.3 Å². The molecule has 1 aromatic rings. The van der Waals surface area contributed by atoms with Gasteiger partial charge in [-0.15, -0.1) is 11.8 Å². The summed E-state index contributed by atoms with van der Waals surface area (Å²) in [5.74, 6) is 1.11.